The van der Waals surface area contributed by atoms with Crippen molar-refractivity contribution in [3.8, 4) is 28.4 Å². The molecule has 0 saturated carbocycles. The van der Waals surface area contributed by atoms with Crippen LogP contribution in [0.25, 0.3) is 11.1 Å². The number of carbonyl (C=O) groups is 1. The standard InChI is InChI=1S/C27H31NO5/c1-18(13-27(29)30)28-16-24-25(31-3)14-22(15-26(24)32-4)33-17-21-11-8-12-23(19(21)2)20-9-6-5-7-10-20/h5-12,14-15,18,28H,13,16-17H2,1-4H3,(H,29,30). The number of hydrogen-bond acceptors (Lipinski definition) is 5. The highest BCUT2D eigenvalue weighted by Crippen LogP contribution is 2.35. The predicted octanol–water partition coefficient (Wildman–Crippen LogP) is 5.21. The third kappa shape index (κ3) is 6.26. The van der Waals surface area contributed by atoms with Crippen LogP contribution in [-0.2, 0) is 17.9 Å². The lowest BCUT2D eigenvalue weighted by Crippen LogP contribution is -2.28. The minimum Gasteiger partial charge on any atom is -0.496 e. The van der Waals surface area contributed by atoms with Crippen molar-refractivity contribution in [2.24, 2.45) is 0 Å². The molecule has 0 aliphatic rings. The Morgan fingerprint density at radius 1 is 1.00 bits per heavy atom. The molecule has 0 aromatic heterocycles. The first-order valence-electron chi connectivity index (χ1n) is 10.9. The van der Waals surface area contributed by atoms with Crippen LogP contribution in [0.4, 0.5) is 0 Å². The maximum Gasteiger partial charge on any atom is 0.304 e. The zero-order valence-electron chi connectivity index (χ0n) is 19.6. The molecule has 0 fully saturated rings. The molecule has 174 valence electrons. The van der Waals surface area contributed by atoms with Crippen molar-refractivity contribution in [3.05, 3.63) is 77.4 Å². The summed E-state index contributed by atoms with van der Waals surface area (Å²) in [6.45, 7) is 4.76. The molecule has 0 aliphatic carbocycles. The molecule has 6 heteroatoms. The molecule has 1 atom stereocenters. The van der Waals surface area contributed by atoms with Gasteiger partial charge in [-0.1, -0.05) is 48.5 Å². The van der Waals surface area contributed by atoms with Crippen LogP contribution < -0.4 is 19.5 Å². The van der Waals surface area contributed by atoms with Crippen LogP contribution in [0.15, 0.2) is 60.7 Å². The average molecular weight is 450 g/mol. The highest BCUT2D eigenvalue weighted by atomic mass is 16.5. The number of benzene rings is 3. The molecule has 6 nitrogen and oxygen atoms in total. The van der Waals surface area contributed by atoms with Gasteiger partial charge in [0, 0.05) is 24.7 Å². The van der Waals surface area contributed by atoms with E-state index in [2.05, 4.69) is 36.5 Å². The Bertz CT molecular complexity index is 1060. The molecule has 1 unspecified atom stereocenters. The van der Waals surface area contributed by atoms with Crippen molar-refractivity contribution in [2.45, 2.75) is 39.5 Å². The lowest BCUT2D eigenvalue weighted by atomic mass is 9.97. The van der Waals surface area contributed by atoms with E-state index in [1.807, 2.05) is 43.3 Å². The van der Waals surface area contributed by atoms with Gasteiger partial charge in [0.2, 0.25) is 0 Å². The summed E-state index contributed by atoms with van der Waals surface area (Å²) in [5.74, 6) is 1.03. The predicted molar refractivity (Wildman–Crippen MR) is 129 cm³/mol. The molecule has 33 heavy (non-hydrogen) atoms. The second kappa shape index (κ2) is 11.4. The van der Waals surface area contributed by atoms with E-state index in [0.29, 0.717) is 30.4 Å². The number of carboxylic acids is 1. The number of aliphatic carboxylic acids is 1. The molecule has 0 radical (unpaired) electrons. The number of nitrogens with one attached hydrogen (secondary N) is 1. The van der Waals surface area contributed by atoms with Crippen molar-refractivity contribution in [3.63, 3.8) is 0 Å². The van der Waals surface area contributed by atoms with Crippen molar-refractivity contribution >= 4 is 5.97 Å². The quantitative estimate of drug-likeness (QED) is 0.418. The lowest BCUT2D eigenvalue weighted by molar-refractivity contribution is -0.137. The third-order valence-electron chi connectivity index (χ3n) is 5.61. The lowest BCUT2D eigenvalue weighted by Gasteiger charge is -2.19. The molecule has 3 aromatic rings. The SMILES string of the molecule is COc1cc(OCc2cccc(-c3ccccc3)c2C)cc(OC)c1CNC(C)CC(=O)O. The fourth-order valence-electron chi connectivity index (χ4n) is 3.76. The topological polar surface area (TPSA) is 77.0 Å². The Kier molecular flexibility index (Phi) is 8.33. The maximum absolute atomic E-state index is 10.9. The van der Waals surface area contributed by atoms with Crippen LogP contribution in [0.2, 0.25) is 0 Å². The highest BCUT2D eigenvalue weighted by Gasteiger charge is 2.16. The molecule has 0 heterocycles. The summed E-state index contributed by atoms with van der Waals surface area (Å²) in [6, 6.07) is 20.0. The summed E-state index contributed by atoms with van der Waals surface area (Å²) >= 11 is 0. The molecule has 0 spiro atoms. The normalized spacial score (nSPS) is 11.6. The molecule has 0 aliphatic heterocycles. The second-order valence-corrected chi connectivity index (χ2v) is 7.93. The van der Waals surface area contributed by atoms with Crippen LogP contribution in [0.3, 0.4) is 0 Å². The summed E-state index contributed by atoms with van der Waals surface area (Å²) in [5, 5.41) is 12.2. The van der Waals surface area contributed by atoms with Crippen LogP contribution in [0.1, 0.15) is 30.0 Å². The molecule has 3 rings (SSSR count). The van der Waals surface area contributed by atoms with Gasteiger partial charge in [0.25, 0.3) is 0 Å². The maximum atomic E-state index is 10.9. The highest BCUT2D eigenvalue weighted by molar-refractivity contribution is 5.68. The Hall–Kier alpha value is -3.51. The van der Waals surface area contributed by atoms with Crippen LogP contribution in [0.5, 0.6) is 17.2 Å². The first kappa shape index (κ1) is 24.1. The minimum absolute atomic E-state index is 0.0349. The second-order valence-electron chi connectivity index (χ2n) is 7.93. The summed E-state index contributed by atoms with van der Waals surface area (Å²) in [6.07, 6.45) is 0.0349. The van der Waals surface area contributed by atoms with Gasteiger partial charge < -0.3 is 24.6 Å². The Balaban J connectivity index is 1.77. The fraction of sp³-hybridized carbons (Fsp3) is 0.296. The van der Waals surface area contributed by atoms with Gasteiger partial charge >= 0.3 is 5.97 Å². The van der Waals surface area contributed by atoms with Crippen molar-refractivity contribution in [2.75, 3.05) is 14.2 Å². The molecule has 0 bridgehead atoms. The number of hydrogen-bond donors (Lipinski definition) is 2. The zero-order chi connectivity index (χ0) is 23.8. The number of ether oxygens (including phenoxy) is 3. The molecule has 0 amide bonds. The smallest absolute Gasteiger partial charge is 0.304 e. The van der Waals surface area contributed by atoms with E-state index in [0.717, 1.165) is 11.1 Å². The number of carboxylic acid groups (broad SMARTS) is 1. The zero-order valence-corrected chi connectivity index (χ0v) is 19.6. The third-order valence-corrected chi connectivity index (χ3v) is 5.61. The van der Waals surface area contributed by atoms with E-state index in [-0.39, 0.29) is 12.5 Å². The Morgan fingerprint density at radius 3 is 2.27 bits per heavy atom. The van der Waals surface area contributed by atoms with Gasteiger partial charge in [-0.25, -0.2) is 0 Å². The van der Waals surface area contributed by atoms with E-state index in [1.54, 1.807) is 14.2 Å². The van der Waals surface area contributed by atoms with Crippen LogP contribution in [0, 0.1) is 6.92 Å². The number of methoxy groups -OCH3 is 2. The van der Waals surface area contributed by atoms with E-state index in [9.17, 15) is 4.79 Å². The van der Waals surface area contributed by atoms with Crippen LogP contribution in [-0.4, -0.2) is 31.3 Å². The fourth-order valence-corrected chi connectivity index (χ4v) is 3.76. The van der Waals surface area contributed by atoms with Crippen molar-refractivity contribution < 1.29 is 24.1 Å². The molecular formula is C27H31NO5. The molecule has 0 saturated heterocycles. The number of rotatable bonds is 11. The first-order valence-corrected chi connectivity index (χ1v) is 10.9. The summed E-state index contributed by atoms with van der Waals surface area (Å²) in [4.78, 5) is 10.9. The summed E-state index contributed by atoms with van der Waals surface area (Å²) < 4.78 is 17.3. The largest absolute Gasteiger partial charge is 0.496 e. The van der Waals surface area contributed by atoms with Gasteiger partial charge in [0.1, 0.15) is 23.9 Å². The van der Waals surface area contributed by atoms with Gasteiger partial charge in [-0.05, 0) is 36.1 Å². The first-order chi connectivity index (χ1) is 15.9. The van der Waals surface area contributed by atoms with Gasteiger partial charge in [-0.3, -0.25) is 4.79 Å². The van der Waals surface area contributed by atoms with E-state index in [4.69, 9.17) is 19.3 Å². The van der Waals surface area contributed by atoms with E-state index < -0.39 is 5.97 Å². The monoisotopic (exact) mass is 449 g/mol. The van der Waals surface area contributed by atoms with E-state index in [1.165, 1.54) is 16.7 Å². The Labute approximate surface area is 195 Å². The molecule has 3 aromatic carbocycles. The van der Waals surface area contributed by atoms with Gasteiger partial charge in [-0.15, -0.1) is 0 Å². The van der Waals surface area contributed by atoms with Gasteiger partial charge in [-0.2, -0.15) is 0 Å². The molecular weight excluding hydrogens is 418 g/mol. The van der Waals surface area contributed by atoms with Crippen LogP contribution >= 0.6 is 0 Å². The van der Waals surface area contributed by atoms with Crippen molar-refractivity contribution in [1.82, 2.24) is 5.32 Å². The average Bonchev–Trinajstić information content (AvgIpc) is 2.82. The van der Waals surface area contributed by atoms with Gasteiger partial charge in [0.05, 0.1) is 26.2 Å². The van der Waals surface area contributed by atoms with E-state index >= 15 is 0 Å². The summed E-state index contributed by atoms with van der Waals surface area (Å²) in [7, 11) is 3.19. The van der Waals surface area contributed by atoms with Crippen molar-refractivity contribution in [1.29, 1.82) is 0 Å². The minimum atomic E-state index is -0.843. The summed E-state index contributed by atoms with van der Waals surface area (Å²) in [5.41, 5.74) is 5.45. The van der Waals surface area contributed by atoms with Gasteiger partial charge in [0.15, 0.2) is 0 Å². The molecule has 2 N–H and O–H groups in total. The Morgan fingerprint density at radius 2 is 1.67 bits per heavy atom.